The molecular formula is C50H38N2O. The molecule has 53 heavy (non-hydrogen) atoms. The van der Waals surface area contributed by atoms with Crippen molar-refractivity contribution < 1.29 is 4.42 Å². The van der Waals surface area contributed by atoms with Gasteiger partial charge in [0.1, 0.15) is 11.2 Å². The molecule has 0 amide bonds. The lowest BCUT2D eigenvalue weighted by molar-refractivity contribution is 0.364. The maximum Gasteiger partial charge on any atom is 0.138 e. The largest absolute Gasteiger partial charge is 0.456 e. The molecule has 7 aromatic carbocycles. The van der Waals surface area contributed by atoms with E-state index < -0.39 is 0 Å². The third-order valence-electron chi connectivity index (χ3n) is 12.3. The summed E-state index contributed by atoms with van der Waals surface area (Å²) < 4.78 is 6.77. The van der Waals surface area contributed by atoms with E-state index >= 15 is 0 Å². The number of para-hydroxylation sites is 2. The smallest absolute Gasteiger partial charge is 0.138 e. The Morgan fingerprint density at radius 2 is 1.32 bits per heavy atom. The third-order valence-corrected chi connectivity index (χ3v) is 12.3. The highest BCUT2D eigenvalue weighted by Gasteiger charge is 2.37. The Kier molecular flexibility index (Phi) is 6.92. The van der Waals surface area contributed by atoms with Crippen molar-refractivity contribution in [2.24, 2.45) is 16.8 Å². The average molecular weight is 683 g/mol. The Bertz CT molecular complexity index is 2900. The highest BCUT2D eigenvalue weighted by Crippen LogP contribution is 2.47. The summed E-state index contributed by atoms with van der Waals surface area (Å²) in [5.41, 5.74) is 10.4. The molecule has 11 rings (SSSR count). The van der Waals surface area contributed by atoms with E-state index in [0.29, 0.717) is 5.92 Å². The van der Waals surface area contributed by atoms with Gasteiger partial charge in [-0.3, -0.25) is 9.98 Å². The normalized spacial score (nSPS) is 20.1. The first-order valence-electron chi connectivity index (χ1n) is 19.0. The fraction of sp³-hybridized carbons (Fsp3) is 0.160. The van der Waals surface area contributed by atoms with Crippen LogP contribution in [0.25, 0.3) is 65.4 Å². The number of furan rings is 1. The summed E-state index contributed by atoms with van der Waals surface area (Å²) in [5, 5.41) is 9.86. The summed E-state index contributed by atoms with van der Waals surface area (Å²) in [6.45, 7) is 2.40. The molecule has 254 valence electrons. The Morgan fingerprint density at radius 3 is 2.19 bits per heavy atom. The van der Waals surface area contributed by atoms with Crippen LogP contribution in [-0.2, 0) is 6.42 Å². The zero-order valence-corrected chi connectivity index (χ0v) is 29.7. The van der Waals surface area contributed by atoms with Crippen molar-refractivity contribution in [3.05, 3.63) is 174 Å². The first-order chi connectivity index (χ1) is 26.2. The molecule has 4 atom stereocenters. The van der Waals surface area contributed by atoms with Gasteiger partial charge in [-0.15, -0.1) is 0 Å². The van der Waals surface area contributed by atoms with E-state index in [9.17, 15) is 0 Å². The van der Waals surface area contributed by atoms with Crippen LogP contribution in [0.3, 0.4) is 0 Å². The number of fused-ring (bicyclic) bond motifs is 6. The minimum Gasteiger partial charge on any atom is -0.456 e. The fourth-order valence-corrected chi connectivity index (χ4v) is 9.61. The second-order valence-corrected chi connectivity index (χ2v) is 15.3. The van der Waals surface area contributed by atoms with Crippen LogP contribution >= 0.6 is 0 Å². The van der Waals surface area contributed by atoms with Crippen molar-refractivity contribution in [2.45, 2.75) is 38.1 Å². The molecule has 0 spiro atoms. The predicted octanol–water partition coefficient (Wildman–Crippen LogP) is 13.0. The molecule has 3 nitrogen and oxygen atoms in total. The van der Waals surface area contributed by atoms with Gasteiger partial charge in [0.05, 0.1) is 17.4 Å². The Balaban J connectivity index is 1.19. The van der Waals surface area contributed by atoms with Gasteiger partial charge in [-0.1, -0.05) is 140 Å². The molecule has 0 saturated heterocycles. The highest BCUT2D eigenvalue weighted by molar-refractivity contribution is 6.26. The summed E-state index contributed by atoms with van der Waals surface area (Å²) in [6, 6.07) is 53.4. The minimum absolute atomic E-state index is 0.00353. The van der Waals surface area contributed by atoms with E-state index in [4.69, 9.17) is 14.4 Å². The summed E-state index contributed by atoms with van der Waals surface area (Å²) in [7, 11) is 0. The van der Waals surface area contributed by atoms with Crippen LogP contribution in [0.5, 0.6) is 0 Å². The summed E-state index contributed by atoms with van der Waals surface area (Å²) in [5.74, 6) is 0.568. The topological polar surface area (TPSA) is 38.4 Å². The van der Waals surface area contributed by atoms with Crippen LogP contribution in [-0.4, -0.2) is 10.7 Å². The van der Waals surface area contributed by atoms with Crippen molar-refractivity contribution >= 4 is 60.0 Å². The maximum atomic E-state index is 6.77. The van der Waals surface area contributed by atoms with E-state index in [1.54, 1.807) is 0 Å². The Labute approximate surface area is 308 Å². The number of pyridine rings is 1. The van der Waals surface area contributed by atoms with E-state index in [-0.39, 0.29) is 17.9 Å². The van der Waals surface area contributed by atoms with Crippen LogP contribution in [0.15, 0.2) is 161 Å². The molecule has 4 unspecified atom stereocenters. The lowest BCUT2D eigenvalue weighted by Crippen LogP contribution is -2.30. The Morgan fingerprint density at radius 1 is 0.585 bits per heavy atom. The van der Waals surface area contributed by atoms with Crippen LogP contribution in [0.4, 0.5) is 0 Å². The van der Waals surface area contributed by atoms with Gasteiger partial charge >= 0.3 is 0 Å². The second-order valence-electron chi connectivity index (χ2n) is 15.3. The summed E-state index contributed by atoms with van der Waals surface area (Å²) >= 11 is 0. The number of aliphatic imine (C=N–C) groups is 1. The summed E-state index contributed by atoms with van der Waals surface area (Å²) in [4.78, 5) is 11.3. The fourth-order valence-electron chi connectivity index (χ4n) is 9.61. The zero-order valence-electron chi connectivity index (χ0n) is 29.7. The minimum atomic E-state index is -0.00353. The maximum absolute atomic E-state index is 6.77. The molecule has 2 bridgehead atoms. The van der Waals surface area contributed by atoms with Crippen molar-refractivity contribution in [3.63, 3.8) is 0 Å². The molecule has 2 aromatic heterocycles. The van der Waals surface area contributed by atoms with E-state index in [0.717, 1.165) is 41.8 Å². The highest BCUT2D eigenvalue weighted by atomic mass is 16.3. The van der Waals surface area contributed by atoms with Gasteiger partial charge in [0.25, 0.3) is 0 Å². The van der Waals surface area contributed by atoms with Gasteiger partial charge in [0.2, 0.25) is 0 Å². The number of aromatic nitrogens is 1. The molecule has 9 aromatic rings. The lowest BCUT2D eigenvalue weighted by Gasteiger charge is -2.35. The molecule has 0 fully saturated rings. The van der Waals surface area contributed by atoms with E-state index in [1.165, 1.54) is 70.9 Å². The molecule has 3 heterocycles. The third kappa shape index (κ3) is 4.87. The molecule has 0 saturated carbocycles. The van der Waals surface area contributed by atoms with E-state index in [2.05, 4.69) is 153 Å². The van der Waals surface area contributed by atoms with Crippen molar-refractivity contribution in [1.82, 2.24) is 4.98 Å². The monoisotopic (exact) mass is 682 g/mol. The van der Waals surface area contributed by atoms with Gasteiger partial charge in [-0.05, 0) is 98.0 Å². The molecule has 3 heteroatoms. The lowest BCUT2D eigenvalue weighted by atomic mass is 9.72. The van der Waals surface area contributed by atoms with Gasteiger partial charge < -0.3 is 4.42 Å². The quantitative estimate of drug-likeness (QED) is 0.174. The molecule has 1 aliphatic heterocycles. The Hall–Kier alpha value is -6.06. The van der Waals surface area contributed by atoms with Crippen LogP contribution < -0.4 is 0 Å². The molecule has 0 radical (unpaired) electrons. The van der Waals surface area contributed by atoms with E-state index in [1.807, 2.05) is 6.20 Å². The number of hydrogen-bond acceptors (Lipinski definition) is 3. The first kappa shape index (κ1) is 30.6. The molecule has 2 aliphatic rings. The van der Waals surface area contributed by atoms with Gasteiger partial charge in [-0.25, -0.2) is 0 Å². The van der Waals surface area contributed by atoms with Crippen molar-refractivity contribution in [2.75, 3.05) is 0 Å². The number of rotatable bonds is 3. The second kappa shape index (κ2) is 12.0. The van der Waals surface area contributed by atoms with Crippen LogP contribution in [0, 0.1) is 11.8 Å². The van der Waals surface area contributed by atoms with Crippen LogP contribution in [0.1, 0.15) is 54.1 Å². The first-order valence-corrected chi connectivity index (χ1v) is 19.0. The number of nitrogens with zero attached hydrogens (tertiary/aromatic N) is 2. The molecular weight excluding hydrogens is 645 g/mol. The van der Waals surface area contributed by atoms with Crippen molar-refractivity contribution in [3.8, 4) is 11.1 Å². The predicted molar refractivity (Wildman–Crippen MR) is 220 cm³/mol. The molecule has 0 N–H and O–H groups in total. The van der Waals surface area contributed by atoms with Crippen molar-refractivity contribution in [1.29, 1.82) is 0 Å². The van der Waals surface area contributed by atoms with Crippen LogP contribution in [0.2, 0.25) is 0 Å². The molecule has 1 aliphatic carbocycles. The van der Waals surface area contributed by atoms with Gasteiger partial charge in [0.15, 0.2) is 0 Å². The van der Waals surface area contributed by atoms with Gasteiger partial charge in [-0.2, -0.15) is 0 Å². The zero-order chi connectivity index (χ0) is 35.0. The standard InChI is InChI=1S/C50H38N2O/c1-30-14-25-38(40-11-7-12-41-39-10-5-6-13-44(39)53-50(40)41)43-29-31-15-16-34-19-20-35-21-22-36-26-27-51-49(46(36)45(35)42(34)28-31)48(43)52-47(30)37-23-17-33(18-24-37)32-8-3-2-4-9-32/h2-13,15-24,26-28,30,38,43,47H,14,25,29H2,1H3. The average Bonchev–Trinajstić information content (AvgIpc) is 3.61. The summed E-state index contributed by atoms with van der Waals surface area (Å²) in [6.07, 6.45) is 4.94. The number of benzene rings is 7. The number of hydrogen-bond donors (Lipinski definition) is 0. The SMILES string of the molecule is CC1CCC(c2cccc3c2oc2ccccc23)C2Cc3ccc4ccc5ccc6ccnc(c6c5c4c3)C2=NC1c1ccc(-c2ccccc2)cc1. The van der Waals surface area contributed by atoms with Gasteiger partial charge in [0, 0.05) is 28.3 Å².